The molecule has 0 aliphatic carbocycles. The lowest BCUT2D eigenvalue weighted by Crippen LogP contribution is -2.62. The van der Waals surface area contributed by atoms with Gasteiger partial charge in [0.2, 0.25) is 0 Å². The molecule has 5 rings (SSSR count). The Balaban J connectivity index is 1.31. The fraction of sp³-hybridized carbons (Fsp3) is 0.967. The number of carboxylic acids is 1. The second-order valence-corrected chi connectivity index (χ2v) is 14.0. The molecular formula is C30H50O25. The van der Waals surface area contributed by atoms with Crippen LogP contribution in [0, 0.1) is 0 Å². The summed E-state index contributed by atoms with van der Waals surface area (Å²) in [6.07, 6.45) is -45.3. The van der Waals surface area contributed by atoms with Crippen LogP contribution in [0.4, 0.5) is 0 Å². The van der Waals surface area contributed by atoms with Crippen LogP contribution < -0.4 is 0 Å². The molecule has 0 aromatic heterocycles. The smallest absolute Gasteiger partial charge is 0.335 e. The molecule has 0 radical (unpaired) electrons. The van der Waals surface area contributed by atoms with E-state index in [2.05, 4.69) is 0 Å². The summed E-state index contributed by atoms with van der Waals surface area (Å²) in [5.74, 6) is -1.75. The van der Waals surface area contributed by atoms with Crippen molar-refractivity contribution in [1.82, 2.24) is 0 Å². The molecule has 0 bridgehead atoms. The number of carboxylic acid groups (broad SMARTS) is 1. The maximum Gasteiger partial charge on any atom is 0.335 e. The third-order valence-electron chi connectivity index (χ3n) is 10.2. The number of ether oxygens (including phenoxy) is 9. The minimum atomic E-state index is -2.11. The fourth-order valence-corrected chi connectivity index (χ4v) is 6.91. The van der Waals surface area contributed by atoms with Crippen molar-refractivity contribution in [3.63, 3.8) is 0 Å². The van der Waals surface area contributed by atoms with Crippen molar-refractivity contribution in [2.45, 2.75) is 167 Å². The monoisotopic (exact) mass is 810 g/mol. The number of aliphatic carboxylic acids is 1. The number of aliphatic hydroxyl groups is 14. The average molecular weight is 811 g/mol. The van der Waals surface area contributed by atoms with E-state index in [1.54, 1.807) is 0 Å². The van der Waals surface area contributed by atoms with Gasteiger partial charge in [-0.15, -0.1) is 0 Å². The van der Waals surface area contributed by atoms with E-state index in [4.69, 9.17) is 42.6 Å². The first-order chi connectivity index (χ1) is 25.8. The molecule has 5 heterocycles. The van der Waals surface area contributed by atoms with Gasteiger partial charge in [0.15, 0.2) is 37.6 Å². The van der Waals surface area contributed by atoms with Crippen LogP contribution in [0.2, 0.25) is 0 Å². The molecule has 0 saturated carbocycles. The highest BCUT2D eigenvalue weighted by Gasteiger charge is 2.58. The minimum absolute atomic E-state index is 0.951. The van der Waals surface area contributed by atoms with Crippen molar-refractivity contribution in [3.05, 3.63) is 0 Å². The van der Waals surface area contributed by atoms with E-state index in [1.807, 2.05) is 0 Å². The van der Waals surface area contributed by atoms with Crippen molar-refractivity contribution in [2.24, 2.45) is 0 Å². The van der Waals surface area contributed by atoms with Crippen LogP contribution in [0.1, 0.15) is 13.8 Å². The average Bonchev–Trinajstić information content (AvgIpc) is 3.62. The summed E-state index contributed by atoms with van der Waals surface area (Å²) in [5.41, 5.74) is 0. The molecule has 0 aromatic carbocycles. The zero-order chi connectivity index (χ0) is 40.8. The van der Waals surface area contributed by atoms with E-state index in [0.29, 0.717) is 0 Å². The summed E-state index contributed by atoms with van der Waals surface area (Å²) in [4.78, 5) is 11.6. The zero-order valence-electron chi connectivity index (χ0n) is 29.1. The standard InChI is InChI=1S/C30H50O25/c1-5-9(35)12(38)24(26(46)47-5)55-30-17(43)22(19(50-30)8(34)4-32)53-28-15(41)20(10(36)6(2)48-28)51-29-16(42)21(18(49-29)7(33)3-31)52-27-14(40)11(37)13(39)23(54-27)25(44)45/h5-24,26-43,46H,3-4H2,1-2H3,(H,44,45)/t5-,6-,7+,8+,9-,10-,11-,12+,13-,14+,15+,16+,17+,18-,19-,20+,21+,22+,23-,24+,26-,27+,28+,29-,30-/m0/s1. The summed E-state index contributed by atoms with van der Waals surface area (Å²) in [6, 6.07) is 0. The molecule has 0 unspecified atom stereocenters. The van der Waals surface area contributed by atoms with Crippen molar-refractivity contribution < 1.29 is 124 Å². The van der Waals surface area contributed by atoms with Gasteiger partial charge in [0.05, 0.1) is 25.4 Å². The first-order valence-electron chi connectivity index (χ1n) is 17.3. The predicted octanol–water partition coefficient (Wildman–Crippen LogP) is -9.78. The van der Waals surface area contributed by atoms with Crippen molar-refractivity contribution in [1.29, 1.82) is 0 Å². The molecule has 25 nitrogen and oxygen atoms in total. The maximum absolute atomic E-state index is 11.6. The van der Waals surface area contributed by atoms with Gasteiger partial charge in [-0.3, -0.25) is 0 Å². The molecule has 25 atom stereocenters. The van der Waals surface area contributed by atoms with Gasteiger partial charge < -0.3 is 119 Å². The normalized spacial score (nSPS) is 51.9. The SMILES string of the molecule is C[C@@H]1O[C@H](O)[C@H](O[C@@H]2O[C@@H]([C@H](O)CO)[C@H](O[C@H]3O[C@@H](C)[C@H](O)[C@@H](O[C@@H]4O[C@@H]([C@H](O)CO)[C@H](O[C@@H]5O[C@H](C(=O)O)[C@@H](O)[C@H](O)[C@H]5O)[C@H]4O)[C@H]3O)[C@H]2O)[C@H](O)[C@H]1O. The molecule has 15 N–H and O–H groups in total. The van der Waals surface area contributed by atoms with E-state index < -0.39 is 173 Å². The number of carbonyl (C=O) groups is 1. The van der Waals surface area contributed by atoms with Gasteiger partial charge >= 0.3 is 5.97 Å². The van der Waals surface area contributed by atoms with Crippen LogP contribution >= 0.6 is 0 Å². The lowest BCUT2D eigenvalue weighted by Gasteiger charge is -2.43. The number of hydrogen-bond donors (Lipinski definition) is 15. The molecule has 5 fully saturated rings. The largest absolute Gasteiger partial charge is 0.479 e. The van der Waals surface area contributed by atoms with Gasteiger partial charge in [0, 0.05) is 0 Å². The third-order valence-corrected chi connectivity index (χ3v) is 10.2. The lowest BCUT2D eigenvalue weighted by atomic mass is 9.98. The van der Waals surface area contributed by atoms with Gasteiger partial charge in [0.25, 0.3) is 0 Å². The molecule has 55 heavy (non-hydrogen) atoms. The van der Waals surface area contributed by atoms with E-state index in [0.717, 1.165) is 0 Å². The lowest BCUT2D eigenvalue weighted by molar-refractivity contribution is -0.339. The molecule has 25 heteroatoms. The summed E-state index contributed by atoms with van der Waals surface area (Å²) < 4.78 is 49.4. The molecule has 5 saturated heterocycles. The minimum Gasteiger partial charge on any atom is -0.479 e. The quantitative estimate of drug-likeness (QED) is 0.0821. The summed E-state index contributed by atoms with van der Waals surface area (Å²) in [5, 5.41) is 156. The van der Waals surface area contributed by atoms with Gasteiger partial charge in [-0.05, 0) is 13.8 Å². The van der Waals surface area contributed by atoms with E-state index in [1.165, 1.54) is 13.8 Å². The Morgan fingerprint density at radius 1 is 0.491 bits per heavy atom. The Labute approximate surface area is 310 Å². The zero-order valence-corrected chi connectivity index (χ0v) is 29.1. The van der Waals surface area contributed by atoms with Gasteiger partial charge in [-0.1, -0.05) is 0 Å². The summed E-state index contributed by atoms with van der Waals surface area (Å²) >= 11 is 0. The highest BCUT2D eigenvalue weighted by molar-refractivity contribution is 5.73. The van der Waals surface area contributed by atoms with Crippen molar-refractivity contribution in [2.75, 3.05) is 13.2 Å². The number of hydrogen-bond acceptors (Lipinski definition) is 24. The third kappa shape index (κ3) is 8.94. The first-order valence-corrected chi connectivity index (χ1v) is 17.3. The van der Waals surface area contributed by atoms with Crippen LogP contribution in [0.25, 0.3) is 0 Å². The Kier molecular flexibility index (Phi) is 14.8. The van der Waals surface area contributed by atoms with Crippen molar-refractivity contribution in [3.8, 4) is 0 Å². The Bertz CT molecular complexity index is 1250. The fourth-order valence-electron chi connectivity index (χ4n) is 6.91. The second kappa shape index (κ2) is 18.2. The second-order valence-electron chi connectivity index (χ2n) is 14.0. The van der Waals surface area contributed by atoms with Gasteiger partial charge in [0.1, 0.15) is 104 Å². The van der Waals surface area contributed by atoms with Gasteiger partial charge in [-0.2, -0.15) is 0 Å². The van der Waals surface area contributed by atoms with Crippen LogP contribution in [-0.2, 0) is 47.4 Å². The van der Waals surface area contributed by atoms with Crippen LogP contribution in [-0.4, -0.2) is 249 Å². The molecule has 320 valence electrons. The van der Waals surface area contributed by atoms with Crippen LogP contribution in [0.5, 0.6) is 0 Å². The molecule has 5 aliphatic heterocycles. The highest BCUT2D eigenvalue weighted by atomic mass is 16.8. The first kappa shape index (κ1) is 44.6. The van der Waals surface area contributed by atoms with E-state index >= 15 is 0 Å². The van der Waals surface area contributed by atoms with Crippen LogP contribution in [0.15, 0.2) is 0 Å². The topological polar surface area (TPSA) is 404 Å². The summed E-state index contributed by atoms with van der Waals surface area (Å²) in [6.45, 7) is 0.710. The molecule has 0 spiro atoms. The highest BCUT2D eigenvalue weighted by Crippen LogP contribution is 2.37. The maximum atomic E-state index is 11.6. The molecular weight excluding hydrogens is 760 g/mol. The summed E-state index contributed by atoms with van der Waals surface area (Å²) in [7, 11) is 0. The van der Waals surface area contributed by atoms with Crippen LogP contribution in [0.3, 0.4) is 0 Å². The van der Waals surface area contributed by atoms with E-state index in [-0.39, 0.29) is 0 Å². The molecule has 0 amide bonds. The van der Waals surface area contributed by atoms with Crippen molar-refractivity contribution >= 4 is 5.97 Å². The Morgan fingerprint density at radius 3 is 1.40 bits per heavy atom. The van der Waals surface area contributed by atoms with E-state index in [9.17, 15) is 81.4 Å². The number of aliphatic hydroxyl groups excluding tert-OH is 14. The molecule has 5 aliphatic rings. The Hall–Kier alpha value is -1.45. The van der Waals surface area contributed by atoms with Gasteiger partial charge in [-0.25, -0.2) is 4.79 Å². The molecule has 0 aromatic rings. The predicted molar refractivity (Wildman–Crippen MR) is 164 cm³/mol. The Morgan fingerprint density at radius 2 is 0.909 bits per heavy atom. The number of rotatable bonds is 13.